The van der Waals surface area contributed by atoms with Gasteiger partial charge in [0.1, 0.15) is 0 Å². The fourth-order valence-electron chi connectivity index (χ4n) is 2.07. The van der Waals surface area contributed by atoms with Gasteiger partial charge < -0.3 is 4.90 Å². The lowest BCUT2D eigenvalue weighted by atomic mass is 10.0. The normalized spacial score (nSPS) is 13.8. The average Bonchev–Trinajstić information content (AvgIpc) is 2.71. The Kier molecular flexibility index (Phi) is 2.97. The summed E-state index contributed by atoms with van der Waals surface area (Å²) in [5.41, 5.74) is 2.35. The van der Waals surface area contributed by atoms with E-state index in [-0.39, 0.29) is 17.6 Å². The van der Waals surface area contributed by atoms with Crippen molar-refractivity contribution >= 4 is 29.0 Å². The number of fused-ring (bicyclic) bond motifs is 1. The molecule has 84 valence electrons. The predicted octanol–water partition coefficient (Wildman–Crippen LogP) is 2.02. The highest BCUT2D eigenvalue weighted by Gasteiger charge is 2.26. The number of hydrogen-bond acceptors (Lipinski definition) is 2. The highest BCUT2D eigenvalue weighted by Crippen LogP contribution is 2.32. The van der Waals surface area contributed by atoms with Crippen LogP contribution in [0.1, 0.15) is 22.8 Å². The third-order valence-electron chi connectivity index (χ3n) is 2.80. The number of amides is 1. The van der Waals surface area contributed by atoms with Gasteiger partial charge >= 0.3 is 0 Å². The molecule has 1 amide bonds. The first-order chi connectivity index (χ1) is 7.65. The van der Waals surface area contributed by atoms with Gasteiger partial charge in [0.05, 0.1) is 11.6 Å². The summed E-state index contributed by atoms with van der Waals surface area (Å²) in [5.74, 6) is -0.220. The van der Waals surface area contributed by atoms with E-state index in [4.69, 9.17) is 11.6 Å². The van der Waals surface area contributed by atoms with Crippen molar-refractivity contribution in [1.29, 1.82) is 0 Å². The Morgan fingerprint density at radius 3 is 2.81 bits per heavy atom. The second kappa shape index (κ2) is 4.26. The average molecular weight is 238 g/mol. The van der Waals surface area contributed by atoms with E-state index in [1.165, 1.54) is 6.92 Å². The zero-order chi connectivity index (χ0) is 11.7. The van der Waals surface area contributed by atoms with Crippen LogP contribution >= 0.6 is 11.6 Å². The number of carbonyl (C=O) groups excluding carboxylic acids is 2. The van der Waals surface area contributed by atoms with E-state index in [2.05, 4.69) is 0 Å². The third-order valence-corrected chi connectivity index (χ3v) is 3.04. The van der Waals surface area contributed by atoms with E-state index in [1.807, 2.05) is 12.1 Å². The molecule has 1 aliphatic rings. The largest absolute Gasteiger partial charge is 0.311 e. The summed E-state index contributed by atoms with van der Waals surface area (Å²) >= 11 is 5.56. The molecule has 1 heterocycles. The summed E-state index contributed by atoms with van der Waals surface area (Å²) in [4.78, 5) is 24.8. The zero-order valence-electron chi connectivity index (χ0n) is 9.00. The quantitative estimate of drug-likeness (QED) is 0.583. The molecule has 0 bridgehead atoms. The molecular weight excluding hydrogens is 226 g/mol. The van der Waals surface area contributed by atoms with Gasteiger partial charge in [-0.2, -0.15) is 0 Å². The first-order valence-corrected chi connectivity index (χ1v) is 5.67. The molecule has 2 rings (SSSR count). The van der Waals surface area contributed by atoms with Crippen molar-refractivity contribution < 1.29 is 9.59 Å². The molecule has 0 aliphatic carbocycles. The Morgan fingerprint density at radius 1 is 1.44 bits per heavy atom. The summed E-state index contributed by atoms with van der Waals surface area (Å²) in [6.07, 6.45) is 0.804. The Morgan fingerprint density at radius 2 is 2.19 bits per heavy atom. The van der Waals surface area contributed by atoms with Crippen LogP contribution in [0.3, 0.4) is 0 Å². The van der Waals surface area contributed by atoms with E-state index < -0.39 is 0 Å². The number of para-hydroxylation sites is 1. The van der Waals surface area contributed by atoms with E-state index in [0.29, 0.717) is 12.1 Å². The molecule has 0 atom stereocenters. The maximum absolute atomic E-state index is 11.7. The molecule has 1 aromatic carbocycles. The van der Waals surface area contributed by atoms with Crippen LogP contribution in [0.5, 0.6) is 0 Å². The first-order valence-electron chi connectivity index (χ1n) is 5.14. The molecule has 0 saturated heterocycles. The van der Waals surface area contributed by atoms with Crippen molar-refractivity contribution in [2.75, 3.05) is 17.3 Å². The fraction of sp³-hybridized carbons (Fsp3) is 0.333. The minimum Gasteiger partial charge on any atom is -0.311 e. The summed E-state index contributed by atoms with van der Waals surface area (Å²) in [7, 11) is 0. The summed E-state index contributed by atoms with van der Waals surface area (Å²) < 4.78 is 0. The molecule has 0 spiro atoms. The van der Waals surface area contributed by atoms with Crippen molar-refractivity contribution in [1.82, 2.24) is 0 Å². The minimum absolute atomic E-state index is 0.0337. The van der Waals surface area contributed by atoms with Crippen molar-refractivity contribution in [2.45, 2.75) is 13.3 Å². The van der Waals surface area contributed by atoms with Gasteiger partial charge in [-0.05, 0) is 18.1 Å². The molecule has 0 N–H and O–H groups in total. The lowest BCUT2D eigenvalue weighted by molar-refractivity contribution is -0.116. The van der Waals surface area contributed by atoms with Gasteiger partial charge in [0, 0.05) is 19.0 Å². The Labute approximate surface area is 99.0 Å². The standard InChI is InChI=1S/C12H12ClNO2/c1-8(15)14-6-5-9-3-2-4-10(12(9)14)11(16)7-13/h2-4H,5-7H2,1H3. The summed E-state index contributed by atoms with van der Waals surface area (Å²) in [6.45, 7) is 2.16. The first kappa shape index (κ1) is 11.1. The van der Waals surface area contributed by atoms with Crippen LogP contribution in [0, 0.1) is 0 Å². The second-order valence-corrected chi connectivity index (χ2v) is 4.06. The van der Waals surface area contributed by atoms with Crippen LogP contribution in [0.4, 0.5) is 5.69 Å². The molecule has 3 nitrogen and oxygen atoms in total. The highest BCUT2D eigenvalue weighted by molar-refractivity contribution is 6.31. The van der Waals surface area contributed by atoms with Crippen LogP contribution in [-0.2, 0) is 11.2 Å². The molecule has 0 aromatic heterocycles. The number of alkyl halides is 1. The predicted molar refractivity (Wildman–Crippen MR) is 63.2 cm³/mol. The van der Waals surface area contributed by atoms with Crippen LogP contribution in [0.2, 0.25) is 0 Å². The number of carbonyl (C=O) groups is 2. The maximum atomic E-state index is 11.7. The molecule has 0 radical (unpaired) electrons. The molecule has 1 aliphatic heterocycles. The molecule has 0 unspecified atom stereocenters. The summed E-state index contributed by atoms with van der Waals surface area (Å²) in [5, 5.41) is 0. The number of halogens is 1. The van der Waals surface area contributed by atoms with Crippen LogP contribution < -0.4 is 4.90 Å². The SMILES string of the molecule is CC(=O)N1CCc2cccc(C(=O)CCl)c21. The molecule has 4 heteroatoms. The van der Waals surface area contributed by atoms with Crippen LogP contribution in [0.25, 0.3) is 0 Å². The molecule has 0 saturated carbocycles. The monoisotopic (exact) mass is 237 g/mol. The molecule has 16 heavy (non-hydrogen) atoms. The number of benzene rings is 1. The van der Waals surface area contributed by atoms with Gasteiger partial charge in [-0.15, -0.1) is 11.6 Å². The van der Waals surface area contributed by atoms with Gasteiger partial charge in [-0.3, -0.25) is 9.59 Å². The van der Waals surface area contributed by atoms with Crippen molar-refractivity contribution in [3.63, 3.8) is 0 Å². The molecular formula is C12H12ClNO2. The second-order valence-electron chi connectivity index (χ2n) is 3.79. The van der Waals surface area contributed by atoms with Crippen molar-refractivity contribution in [3.8, 4) is 0 Å². The van der Waals surface area contributed by atoms with Gasteiger partial charge in [0.25, 0.3) is 0 Å². The Balaban J connectivity index is 2.53. The fourth-order valence-corrected chi connectivity index (χ4v) is 2.21. The molecule has 0 fully saturated rings. The van der Waals surface area contributed by atoms with E-state index in [0.717, 1.165) is 17.7 Å². The summed E-state index contributed by atoms with van der Waals surface area (Å²) in [6, 6.07) is 5.51. The number of ketones is 1. The lowest BCUT2D eigenvalue weighted by Gasteiger charge is -2.17. The Bertz CT molecular complexity index is 456. The molecule has 1 aromatic rings. The topological polar surface area (TPSA) is 37.4 Å². The van der Waals surface area contributed by atoms with E-state index >= 15 is 0 Å². The van der Waals surface area contributed by atoms with Crippen LogP contribution in [0.15, 0.2) is 18.2 Å². The smallest absolute Gasteiger partial charge is 0.223 e. The minimum atomic E-state index is -0.133. The number of hydrogen-bond donors (Lipinski definition) is 0. The Hall–Kier alpha value is -1.35. The number of nitrogens with zero attached hydrogens (tertiary/aromatic N) is 1. The van der Waals surface area contributed by atoms with Gasteiger partial charge in [0.15, 0.2) is 5.78 Å². The third kappa shape index (κ3) is 1.71. The van der Waals surface area contributed by atoms with Gasteiger partial charge in [-0.25, -0.2) is 0 Å². The lowest BCUT2D eigenvalue weighted by Crippen LogP contribution is -2.27. The number of anilines is 1. The van der Waals surface area contributed by atoms with E-state index in [1.54, 1.807) is 11.0 Å². The van der Waals surface area contributed by atoms with Crippen molar-refractivity contribution in [2.24, 2.45) is 0 Å². The number of rotatable bonds is 2. The highest BCUT2D eigenvalue weighted by atomic mass is 35.5. The van der Waals surface area contributed by atoms with E-state index in [9.17, 15) is 9.59 Å². The van der Waals surface area contributed by atoms with Gasteiger partial charge in [-0.1, -0.05) is 12.1 Å². The van der Waals surface area contributed by atoms with Crippen molar-refractivity contribution in [3.05, 3.63) is 29.3 Å². The van der Waals surface area contributed by atoms with Gasteiger partial charge in [0.2, 0.25) is 5.91 Å². The maximum Gasteiger partial charge on any atom is 0.223 e. The van der Waals surface area contributed by atoms with Crippen LogP contribution in [-0.4, -0.2) is 24.1 Å². The zero-order valence-corrected chi connectivity index (χ0v) is 9.75. The number of Topliss-reactive ketones (excluding diaryl/α,β-unsaturated/α-hetero) is 1.